The Morgan fingerprint density at radius 2 is 1.88 bits per heavy atom. The van der Waals surface area contributed by atoms with Crippen LogP contribution in [0.25, 0.3) is 0 Å². The Bertz CT molecular complexity index is 815. The highest BCUT2D eigenvalue weighted by Crippen LogP contribution is 2.66. The summed E-state index contributed by atoms with van der Waals surface area (Å²) in [4.78, 5) is 36.7. The van der Waals surface area contributed by atoms with Crippen molar-refractivity contribution in [3.8, 4) is 0 Å². The maximum Gasteiger partial charge on any atom is 0.305 e. The summed E-state index contributed by atoms with van der Waals surface area (Å²) >= 11 is 0. The first-order valence-electron chi connectivity index (χ1n) is 12.6. The van der Waals surface area contributed by atoms with E-state index in [4.69, 9.17) is 9.47 Å². The van der Waals surface area contributed by atoms with Crippen molar-refractivity contribution in [2.45, 2.75) is 91.6 Å². The van der Waals surface area contributed by atoms with Gasteiger partial charge in [-0.3, -0.25) is 14.4 Å². The molecule has 0 heterocycles. The van der Waals surface area contributed by atoms with Crippen molar-refractivity contribution in [1.82, 2.24) is 0 Å². The Kier molecular flexibility index (Phi) is 6.32. The van der Waals surface area contributed by atoms with Crippen LogP contribution in [0.4, 0.5) is 0 Å². The molecule has 4 aliphatic rings. The Morgan fingerprint density at radius 3 is 2.56 bits per heavy atom. The van der Waals surface area contributed by atoms with Crippen LogP contribution in [0.3, 0.4) is 0 Å². The number of ketones is 1. The molecule has 0 N–H and O–H groups in total. The van der Waals surface area contributed by atoms with Crippen molar-refractivity contribution in [3.63, 3.8) is 0 Å². The molecule has 8 atom stereocenters. The zero-order valence-corrected chi connectivity index (χ0v) is 20.4. The predicted molar refractivity (Wildman–Crippen MR) is 122 cm³/mol. The van der Waals surface area contributed by atoms with Gasteiger partial charge < -0.3 is 9.47 Å². The van der Waals surface area contributed by atoms with E-state index in [9.17, 15) is 14.4 Å². The molecule has 0 saturated heterocycles. The Morgan fingerprint density at radius 1 is 1.12 bits per heavy atom. The standard InChI is InChI=1S/C27H40O5/c1-16(6-9-24(30)31-5)20-7-8-21-25-22(11-13-27(20,21)4)26(3)12-10-19(32-17(2)28)14-18(26)15-23(25)29/h15-16,19-22,25H,6-14H2,1-5H3/t16-,19-,20+,21-,22-,25-,26-,27+/m0/s1. The average Bonchev–Trinajstić information content (AvgIpc) is 3.09. The van der Waals surface area contributed by atoms with Gasteiger partial charge in [0.25, 0.3) is 0 Å². The second-order valence-electron chi connectivity index (χ2n) is 11.5. The van der Waals surface area contributed by atoms with Crippen LogP contribution in [0, 0.1) is 40.4 Å². The number of hydrogen-bond donors (Lipinski definition) is 0. The van der Waals surface area contributed by atoms with Crippen molar-refractivity contribution in [2.24, 2.45) is 40.4 Å². The number of esters is 2. The molecule has 178 valence electrons. The molecule has 3 fully saturated rings. The van der Waals surface area contributed by atoms with Gasteiger partial charge in [0.2, 0.25) is 0 Å². The zero-order chi connectivity index (χ0) is 23.3. The number of allylic oxidation sites excluding steroid dienone is 1. The van der Waals surface area contributed by atoms with Crippen LogP contribution >= 0.6 is 0 Å². The first-order valence-corrected chi connectivity index (χ1v) is 12.6. The van der Waals surface area contributed by atoms with E-state index >= 15 is 0 Å². The van der Waals surface area contributed by atoms with Gasteiger partial charge in [0.05, 0.1) is 7.11 Å². The molecule has 0 unspecified atom stereocenters. The maximum absolute atomic E-state index is 13.5. The highest BCUT2D eigenvalue weighted by Gasteiger charge is 2.61. The number of ether oxygens (including phenoxy) is 2. The SMILES string of the molecule is COC(=O)CC[C@H](C)[C@H]1CC[C@H]2[C@@H]3C(=O)C=C4C[C@@H](OC(C)=O)CC[C@]4(C)[C@H]3CC[C@]12C. The van der Waals surface area contributed by atoms with Gasteiger partial charge in [-0.2, -0.15) is 0 Å². The molecule has 3 saturated carbocycles. The monoisotopic (exact) mass is 444 g/mol. The molecule has 4 aliphatic carbocycles. The summed E-state index contributed by atoms with van der Waals surface area (Å²) in [7, 11) is 1.46. The minimum Gasteiger partial charge on any atom is -0.469 e. The van der Waals surface area contributed by atoms with E-state index in [-0.39, 0.29) is 34.8 Å². The summed E-state index contributed by atoms with van der Waals surface area (Å²) in [6, 6.07) is 0. The van der Waals surface area contributed by atoms with E-state index in [0.29, 0.717) is 42.3 Å². The van der Waals surface area contributed by atoms with Crippen LogP contribution in [0.2, 0.25) is 0 Å². The van der Waals surface area contributed by atoms with Crippen LogP contribution in [0.5, 0.6) is 0 Å². The summed E-state index contributed by atoms with van der Waals surface area (Å²) in [6.45, 7) is 8.54. The number of rotatable bonds is 5. The Hall–Kier alpha value is -1.65. The number of fused-ring (bicyclic) bond motifs is 5. The molecule has 0 aromatic heterocycles. The van der Waals surface area contributed by atoms with Gasteiger partial charge in [0, 0.05) is 25.7 Å². The van der Waals surface area contributed by atoms with Gasteiger partial charge in [0.1, 0.15) is 6.10 Å². The third kappa shape index (κ3) is 3.84. The molecule has 0 spiro atoms. The van der Waals surface area contributed by atoms with Gasteiger partial charge >= 0.3 is 11.9 Å². The lowest BCUT2D eigenvalue weighted by molar-refractivity contribution is -0.149. The van der Waals surface area contributed by atoms with Crippen molar-refractivity contribution >= 4 is 17.7 Å². The number of carbonyl (C=O) groups excluding carboxylic acids is 3. The Labute approximate surface area is 192 Å². The zero-order valence-electron chi connectivity index (χ0n) is 20.4. The van der Waals surface area contributed by atoms with Crippen LogP contribution in [-0.4, -0.2) is 30.9 Å². The summed E-state index contributed by atoms with van der Waals surface area (Å²) in [5.41, 5.74) is 1.43. The summed E-state index contributed by atoms with van der Waals surface area (Å²) in [6.07, 6.45) is 10.3. The molecule has 0 aromatic rings. The fraction of sp³-hybridized carbons (Fsp3) is 0.815. The van der Waals surface area contributed by atoms with Crippen molar-refractivity contribution < 1.29 is 23.9 Å². The highest BCUT2D eigenvalue weighted by atomic mass is 16.5. The van der Waals surface area contributed by atoms with Gasteiger partial charge in [-0.1, -0.05) is 26.3 Å². The number of carbonyl (C=O) groups is 3. The fourth-order valence-corrected chi connectivity index (χ4v) is 8.33. The molecule has 5 nitrogen and oxygen atoms in total. The molecule has 4 rings (SSSR count). The summed E-state index contributed by atoms with van der Waals surface area (Å²) in [5.74, 6) is 1.92. The second kappa shape index (κ2) is 8.61. The first-order chi connectivity index (χ1) is 15.1. The van der Waals surface area contributed by atoms with Gasteiger partial charge in [-0.25, -0.2) is 0 Å². The van der Waals surface area contributed by atoms with E-state index in [2.05, 4.69) is 20.8 Å². The van der Waals surface area contributed by atoms with E-state index in [1.54, 1.807) is 0 Å². The lowest BCUT2D eigenvalue weighted by Crippen LogP contribution is -2.53. The van der Waals surface area contributed by atoms with E-state index in [0.717, 1.165) is 44.9 Å². The minimum absolute atomic E-state index is 0.0468. The molecular formula is C27H40O5. The maximum atomic E-state index is 13.5. The molecule has 0 aliphatic heterocycles. The largest absolute Gasteiger partial charge is 0.469 e. The molecule has 5 heteroatoms. The molecule has 0 bridgehead atoms. The lowest BCUT2D eigenvalue weighted by Gasteiger charge is -2.57. The molecule has 0 aromatic carbocycles. The van der Waals surface area contributed by atoms with Gasteiger partial charge in [0.15, 0.2) is 5.78 Å². The molecule has 0 amide bonds. The van der Waals surface area contributed by atoms with Gasteiger partial charge in [-0.15, -0.1) is 0 Å². The van der Waals surface area contributed by atoms with Crippen LogP contribution in [0.1, 0.15) is 85.5 Å². The summed E-state index contributed by atoms with van der Waals surface area (Å²) in [5, 5.41) is 0. The quantitative estimate of drug-likeness (QED) is 0.541. The normalized spacial score (nSPS) is 41.6. The number of hydrogen-bond acceptors (Lipinski definition) is 5. The number of methoxy groups -OCH3 is 1. The van der Waals surface area contributed by atoms with Crippen molar-refractivity contribution in [2.75, 3.05) is 7.11 Å². The van der Waals surface area contributed by atoms with Crippen LogP contribution in [0.15, 0.2) is 11.6 Å². The summed E-state index contributed by atoms with van der Waals surface area (Å²) < 4.78 is 10.4. The van der Waals surface area contributed by atoms with Crippen molar-refractivity contribution in [1.29, 1.82) is 0 Å². The van der Waals surface area contributed by atoms with Gasteiger partial charge in [-0.05, 0) is 85.5 Å². The smallest absolute Gasteiger partial charge is 0.305 e. The topological polar surface area (TPSA) is 69.7 Å². The second-order valence-corrected chi connectivity index (χ2v) is 11.5. The van der Waals surface area contributed by atoms with E-state index < -0.39 is 0 Å². The third-order valence-electron chi connectivity index (χ3n) is 10.0. The fourth-order valence-electron chi connectivity index (χ4n) is 8.33. The lowest BCUT2D eigenvalue weighted by atomic mass is 9.46. The van der Waals surface area contributed by atoms with E-state index in [1.165, 1.54) is 19.6 Å². The minimum atomic E-state index is -0.231. The molecular weight excluding hydrogens is 404 g/mol. The third-order valence-corrected chi connectivity index (χ3v) is 10.0. The predicted octanol–water partition coefficient (Wildman–Crippen LogP) is 5.27. The van der Waals surface area contributed by atoms with Crippen molar-refractivity contribution in [3.05, 3.63) is 11.6 Å². The average molecular weight is 445 g/mol. The van der Waals surface area contributed by atoms with Crippen LogP contribution < -0.4 is 0 Å². The molecule has 0 radical (unpaired) electrons. The highest BCUT2D eigenvalue weighted by molar-refractivity contribution is 5.94. The Balaban J connectivity index is 1.54. The van der Waals surface area contributed by atoms with E-state index in [1.807, 2.05) is 6.08 Å². The molecule has 32 heavy (non-hydrogen) atoms. The first kappa shape index (κ1) is 23.5. The van der Waals surface area contributed by atoms with Crippen LogP contribution in [-0.2, 0) is 23.9 Å².